The molecule has 0 bridgehead atoms. The van der Waals surface area contributed by atoms with Gasteiger partial charge in [-0.25, -0.2) is 0 Å². The van der Waals surface area contributed by atoms with Crippen LogP contribution in [0, 0.1) is 0 Å². The molecule has 23 heavy (non-hydrogen) atoms. The Labute approximate surface area is 136 Å². The molecule has 0 radical (unpaired) electrons. The topological polar surface area (TPSA) is 25.6 Å². The van der Waals surface area contributed by atoms with Gasteiger partial charge in [0.15, 0.2) is 0 Å². The first-order valence-electron chi connectivity index (χ1n) is 7.91. The molecule has 0 amide bonds. The molecule has 1 aliphatic rings. The summed E-state index contributed by atoms with van der Waals surface area (Å²) in [6.45, 7) is 2.59. The van der Waals surface area contributed by atoms with Crippen LogP contribution in [0.3, 0.4) is 0 Å². The van der Waals surface area contributed by atoms with Crippen molar-refractivity contribution in [2.45, 2.75) is 19.2 Å². The monoisotopic (exact) mass is 305 g/mol. The molecule has 4 rings (SSSR count). The number of furan rings is 1. The van der Waals surface area contributed by atoms with E-state index in [1.54, 1.807) is 6.26 Å². The average Bonchev–Trinajstić information content (AvgIpc) is 3.02. The molecule has 1 aromatic heterocycles. The Morgan fingerprint density at radius 2 is 1.78 bits per heavy atom. The minimum absolute atomic E-state index is 0.0340. The van der Waals surface area contributed by atoms with Crippen molar-refractivity contribution in [1.29, 1.82) is 0 Å². The molecule has 0 fully saturated rings. The second-order valence-corrected chi connectivity index (χ2v) is 5.93. The molecule has 3 nitrogen and oxygen atoms in total. The Bertz CT molecular complexity index is 752. The zero-order valence-corrected chi connectivity index (χ0v) is 12.9. The van der Waals surface area contributed by atoms with Crippen LogP contribution in [0.1, 0.15) is 22.8 Å². The second kappa shape index (κ2) is 6.31. The summed E-state index contributed by atoms with van der Waals surface area (Å²) in [6.07, 6.45) is 3.58. The number of hydrogen-bond donors (Lipinski definition) is 0. The molecular formula is C20H19NO2. The first kappa shape index (κ1) is 14.1. The van der Waals surface area contributed by atoms with Gasteiger partial charge in [-0.2, -0.15) is 0 Å². The molecule has 1 atom stereocenters. The van der Waals surface area contributed by atoms with Gasteiger partial charge in [-0.1, -0.05) is 48.5 Å². The Balaban J connectivity index is 1.65. The standard InChI is InChI=1S/C20H19NO2/c1-2-6-17(7-3-1)20-14-21(12-16-10-11-22-15-16)13-18-8-4-5-9-19(18)23-20/h1-11,15,20H,12-14H2/t20-/m0/s1. The first-order chi connectivity index (χ1) is 11.4. The fourth-order valence-corrected chi connectivity index (χ4v) is 3.08. The van der Waals surface area contributed by atoms with Crippen molar-refractivity contribution in [3.8, 4) is 5.75 Å². The largest absolute Gasteiger partial charge is 0.484 e. The highest BCUT2D eigenvalue weighted by molar-refractivity contribution is 5.35. The summed E-state index contributed by atoms with van der Waals surface area (Å²) in [7, 11) is 0. The maximum Gasteiger partial charge on any atom is 0.136 e. The Kier molecular flexibility index (Phi) is 3.86. The van der Waals surface area contributed by atoms with Gasteiger partial charge in [-0.15, -0.1) is 0 Å². The minimum atomic E-state index is 0.0340. The molecule has 2 aromatic carbocycles. The van der Waals surface area contributed by atoms with Crippen molar-refractivity contribution in [2.24, 2.45) is 0 Å². The quantitative estimate of drug-likeness (QED) is 0.716. The van der Waals surface area contributed by atoms with Crippen LogP contribution >= 0.6 is 0 Å². The van der Waals surface area contributed by atoms with Crippen molar-refractivity contribution in [2.75, 3.05) is 6.54 Å². The van der Waals surface area contributed by atoms with Crippen LogP contribution < -0.4 is 4.74 Å². The number of fused-ring (bicyclic) bond motifs is 1. The number of nitrogens with zero attached hydrogens (tertiary/aromatic N) is 1. The third kappa shape index (κ3) is 3.15. The van der Waals surface area contributed by atoms with Gasteiger partial charge >= 0.3 is 0 Å². The predicted octanol–water partition coefficient (Wildman–Crippen LogP) is 4.42. The lowest BCUT2D eigenvalue weighted by atomic mass is 10.1. The minimum Gasteiger partial charge on any atom is -0.484 e. The molecule has 1 aliphatic heterocycles. The van der Waals surface area contributed by atoms with Gasteiger partial charge in [-0.05, 0) is 17.7 Å². The lowest BCUT2D eigenvalue weighted by molar-refractivity contribution is 0.144. The van der Waals surface area contributed by atoms with Gasteiger partial charge < -0.3 is 9.15 Å². The van der Waals surface area contributed by atoms with Crippen LogP contribution in [0.4, 0.5) is 0 Å². The van der Waals surface area contributed by atoms with Crippen molar-refractivity contribution in [3.05, 3.63) is 89.9 Å². The van der Waals surface area contributed by atoms with E-state index in [1.165, 1.54) is 16.7 Å². The maximum absolute atomic E-state index is 6.33. The molecular weight excluding hydrogens is 286 g/mol. The lowest BCUT2D eigenvalue weighted by Crippen LogP contribution is -2.27. The van der Waals surface area contributed by atoms with Crippen LogP contribution in [-0.2, 0) is 13.1 Å². The number of para-hydroxylation sites is 1. The highest BCUT2D eigenvalue weighted by Crippen LogP contribution is 2.31. The molecule has 0 aliphatic carbocycles. The van der Waals surface area contributed by atoms with E-state index in [4.69, 9.17) is 9.15 Å². The zero-order chi connectivity index (χ0) is 15.5. The average molecular weight is 305 g/mol. The molecule has 0 spiro atoms. The molecule has 0 unspecified atom stereocenters. The van der Waals surface area contributed by atoms with Crippen LogP contribution in [0.25, 0.3) is 0 Å². The van der Waals surface area contributed by atoms with Gasteiger partial charge in [0, 0.05) is 30.8 Å². The number of benzene rings is 2. The van der Waals surface area contributed by atoms with Crippen molar-refractivity contribution >= 4 is 0 Å². The number of hydrogen-bond acceptors (Lipinski definition) is 3. The van der Waals surface area contributed by atoms with Gasteiger partial charge in [0.2, 0.25) is 0 Å². The van der Waals surface area contributed by atoms with Crippen LogP contribution in [-0.4, -0.2) is 11.4 Å². The maximum atomic E-state index is 6.33. The van der Waals surface area contributed by atoms with Crippen LogP contribution in [0.15, 0.2) is 77.6 Å². The third-order valence-corrected chi connectivity index (χ3v) is 4.22. The highest BCUT2D eigenvalue weighted by atomic mass is 16.5. The summed E-state index contributed by atoms with van der Waals surface area (Å²) < 4.78 is 11.5. The second-order valence-electron chi connectivity index (χ2n) is 5.93. The molecule has 2 heterocycles. The third-order valence-electron chi connectivity index (χ3n) is 4.22. The Morgan fingerprint density at radius 3 is 2.61 bits per heavy atom. The molecule has 116 valence electrons. The van der Waals surface area contributed by atoms with E-state index in [1.807, 2.05) is 24.5 Å². The van der Waals surface area contributed by atoms with E-state index in [2.05, 4.69) is 47.4 Å². The summed E-state index contributed by atoms with van der Waals surface area (Å²) in [5, 5.41) is 0. The highest BCUT2D eigenvalue weighted by Gasteiger charge is 2.24. The van der Waals surface area contributed by atoms with Crippen LogP contribution in [0.2, 0.25) is 0 Å². The van der Waals surface area contributed by atoms with Gasteiger partial charge in [0.1, 0.15) is 11.9 Å². The molecule has 0 N–H and O–H groups in total. The Morgan fingerprint density at radius 1 is 0.957 bits per heavy atom. The normalized spacial score (nSPS) is 18.0. The summed E-state index contributed by atoms with van der Waals surface area (Å²) >= 11 is 0. The summed E-state index contributed by atoms with van der Waals surface area (Å²) in [6, 6.07) is 20.8. The lowest BCUT2D eigenvalue weighted by Gasteiger charge is -2.23. The van der Waals surface area contributed by atoms with Gasteiger partial charge in [0.05, 0.1) is 12.5 Å². The first-order valence-corrected chi connectivity index (χ1v) is 7.91. The van der Waals surface area contributed by atoms with Crippen LogP contribution in [0.5, 0.6) is 5.75 Å². The molecule has 3 heteroatoms. The van der Waals surface area contributed by atoms with Crippen molar-refractivity contribution in [3.63, 3.8) is 0 Å². The van der Waals surface area contributed by atoms with E-state index < -0.39 is 0 Å². The van der Waals surface area contributed by atoms with E-state index in [0.29, 0.717) is 0 Å². The zero-order valence-electron chi connectivity index (χ0n) is 12.9. The van der Waals surface area contributed by atoms with Gasteiger partial charge in [0.25, 0.3) is 0 Å². The van der Waals surface area contributed by atoms with E-state index in [0.717, 1.165) is 25.4 Å². The fourth-order valence-electron chi connectivity index (χ4n) is 3.08. The molecule has 0 saturated heterocycles. The molecule has 0 saturated carbocycles. The van der Waals surface area contributed by atoms with Crippen molar-refractivity contribution in [1.82, 2.24) is 4.90 Å². The SMILES string of the molecule is c1ccc([C@@H]2CN(Cc3ccoc3)Cc3ccccc3O2)cc1. The Hall–Kier alpha value is -2.52. The number of ether oxygens (including phenoxy) is 1. The summed E-state index contributed by atoms with van der Waals surface area (Å²) in [4.78, 5) is 2.41. The summed E-state index contributed by atoms with van der Waals surface area (Å²) in [5.74, 6) is 0.982. The van der Waals surface area contributed by atoms with E-state index >= 15 is 0 Å². The van der Waals surface area contributed by atoms with Gasteiger partial charge in [-0.3, -0.25) is 4.90 Å². The number of rotatable bonds is 3. The predicted molar refractivity (Wildman–Crippen MR) is 89.1 cm³/mol. The smallest absolute Gasteiger partial charge is 0.136 e. The fraction of sp³-hybridized carbons (Fsp3) is 0.200. The molecule has 3 aromatic rings. The van der Waals surface area contributed by atoms with E-state index in [9.17, 15) is 0 Å². The summed E-state index contributed by atoms with van der Waals surface area (Å²) in [5.41, 5.74) is 3.63. The van der Waals surface area contributed by atoms with E-state index in [-0.39, 0.29) is 6.10 Å². The van der Waals surface area contributed by atoms with Crippen molar-refractivity contribution < 1.29 is 9.15 Å².